The van der Waals surface area contributed by atoms with Gasteiger partial charge in [-0.3, -0.25) is 4.79 Å². The molecule has 12 heteroatoms. The zero-order valence-electron chi connectivity index (χ0n) is 20.3. The van der Waals surface area contributed by atoms with Crippen molar-refractivity contribution in [1.82, 2.24) is 4.98 Å². The second kappa shape index (κ2) is 10.8. The second-order valence-electron chi connectivity index (χ2n) is 9.54. The summed E-state index contributed by atoms with van der Waals surface area (Å²) in [6, 6.07) is 4.84. The Balaban J connectivity index is 1.44. The molecule has 0 bridgehead atoms. The second-order valence-corrected chi connectivity index (χ2v) is 9.95. The lowest BCUT2D eigenvalue weighted by Crippen LogP contribution is -2.44. The molecular formula is C25H28ClF4N3O4. The summed E-state index contributed by atoms with van der Waals surface area (Å²) in [6.07, 6.45) is -3.44. The predicted molar refractivity (Wildman–Crippen MR) is 130 cm³/mol. The molecule has 202 valence electrons. The molecule has 2 aliphatic heterocycles. The number of pyridine rings is 1. The van der Waals surface area contributed by atoms with Crippen molar-refractivity contribution in [3.8, 4) is 11.6 Å². The van der Waals surface area contributed by atoms with E-state index in [0.29, 0.717) is 30.4 Å². The third kappa shape index (κ3) is 6.14. The Kier molecular flexibility index (Phi) is 7.91. The molecule has 0 radical (unpaired) electrons. The van der Waals surface area contributed by atoms with E-state index in [1.54, 1.807) is 6.07 Å². The van der Waals surface area contributed by atoms with Crippen LogP contribution in [0.3, 0.4) is 0 Å². The lowest BCUT2D eigenvalue weighted by Gasteiger charge is -2.38. The van der Waals surface area contributed by atoms with E-state index in [9.17, 15) is 18.0 Å². The fourth-order valence-corrected chi connectivity index (χ4v) is 5.32. The molecule has 37 heavy (non-hydrogen) atoms. The lowest BCUT2D eigenvalue weighted by molar-refractivity contribution is -0.169. The maximum Gasteiger partial charge on any atom is 0.393 e. The van der Waals surface area contributed by atoms with E-state index in [-0.39, 0.29) is 23.5 Å². The summed E-state index contributed by atoms with van der Waals surface area (Å²) in [6.45, 7) is 2.77. The van der Waals surface area contributed by atoms with E-state index in [1.165, 1.54) is 30.3 Å². The largest absolute Gasteiger partial charge is 0.490 e. The lowest BCUT2D eigenvalue weighted by atomic mass is 9.96. The Morgan fingerprint density at radius 1 is 1.24 bits per heavy atom. The van der Waals surface area contributed by atoms with E-state index < -0.39 is 49.3 Å². The molecule has 2 saturated heterocycles. The molecule has 7 nitrogen and oxygen atoms in total. The molecule has 3 heterocycles. The Bertz CT molecular complexity index is 1140. The fourth-order valence-electron chi connectivity index (χ4n) is 5.09. The van der Waals surface area contributed by atoms with Gasteiger partial charge >= 0.3 is 12.1 Å². The highest BCUT2D eigenvalue weighted by Gasteiger charge is 2.48. The van der Waals surface area contributed by atoms with Crippen molar-refractivity contribution < 1.29 is 36.9 Å². The van der Waals surface area contributed by atoms with E-state index in [2.05, 4.69) is 9.88 Å². The van der Waals surface area contributed by atoms with Crippen LogP contribution in [-0.4, -0.2) is 61.1 Å². The van der Waals surface area contributed by atoms with Crippen LogP contribution in [0.25, 0.3) is 0 Å². The number of nitrogens with zero attached hydrogens (tertiary/aromatic N) is 3. The summed E-state index contributed by atoms with van der Waals surface area (Å²) in [5.74, 6) is -2.94. The summed E-state index contributed by atoms with van der Waals surface area (Å²) < 4.78 is 66.3. The Morgan fingerprint density at radius 3 is 2.62 bits per heavy atom. The molecule has 0 spiro atoms. The van der Waals surface area contributed by atoms with Crippen molar-refractivity contribution in [2.24, 2.45) is 11.8 Å². The number of halogens is 5. The molecule has 1 aromatic heterocycles. The molecule has 4 unspecified atom stereocenters. The SMILES string of the molecule is COc1cc(N2CCC(Oc3ccc(N4CC(C(F)(F)F)CC4CC(=O)O)c(F)c3)C(C)C2)c(Cl)cn1. The average molecular weight is 546 g/mol. The Morgan fingerprint density at radius 2 is 2.00 bits per heavy atom. The third-order valence-corrected chi connectivity index (χ3v) is 7.28. The van der Waals surface area contributed by atoms with Gasteiger partial charge in [-0.1, -0.05) is 18.5 Å². The number of aliphatic carboxylic acids is 1. The number of carboxylic acids is 1. The van der Waals surface area contributed by atoms with Gasteiger partial charge in [0.2, 0.25) is 5.88 Å². The molecule has 0 aliphatic carbocycles. The van der Waals surface area contributed by atoms with Gasteiger partial charge in [-0.15, -0.1) is 0 Å². The minimum Gasteiger partial charge on any atom is -0.490 e. The number of methoxy groups -OCH3 is 1. The van der Waals surface area contributed by atoms with Crippen LogP contribution in [0.4, 0.5) is 28.9 Å². The molecule has 2 aliphatic rings. The first-order valence-corrected chi connectivity index (χ1v) is 12.3. The van der Waals surface area contributed by atoms with Crippen LogP contribution in [0, 0.1) is 17.7 Å². The summed E-state index contributed by atoms with van der Waals surface area (Å²) in [5.41, 5.74) is 0.738. The number of ether oxygens (including phenoxy) is 2. The molecular weight excluding hydrogens is 518 g/mol. The number of hydrogen-bond acceptors (Lipinski definition) is 6. The van der Waals surface area contributed by atoms with E-state index in [4.69, 9.17) is 26.2 Å². The summed E-state index contributed by atoms with van der Waals surface area (Å²) in [5, 5.41) is 9.64. The predicted octanol–water partition coefficient (Wildman–Crippen LogP) is 5.41. The van der Waals surface area contributed by atoms with Crippen molar-refractivity contribution in [3.05, 3.63) is 41.3 Å². The van der Waals surface area contributed by atoms with Crippen LogP contribution in [-0.2, 0) is 4.79 Å². The van der Waals surface area contributed by atoms with Gasteiger partial charge in [0.15, 0.2) is 0 Å². The normalized spacial score (nSPS) is 24.3. The zero-order valence-corrected chi connectivity index (χ0v) is 21.1. The van der Waals surface area contributed by atoms with Gasteiger partial charge in [-0.2, -0.15) is 13.2 Å². The van der Waals surface area contributed by atoms with Crippen molar-refractivity contribution in [2.45, 2.75) is 44.5 Å². The van der Waals surface area contributed by atoms with Crippen LogP contribution in [0.2, 0.25) is 5.02 Å². The number of benzene rings is 1. The zero-order chi connectivity index (χ0) is 26.9. The molecule has 1 N–H and O–H groups in total. The first-order chi connectivity index (χ1) is 17.5. The van der Waals surface area contributed by atoms with Gasteiger partial charge in [0, 0.05) is 50.1 Å². The van der Waals surface area contributed by atoms with Crippen molar-refractivity contribution in [2.75, 3.05) is 36.5 Å². The summed E-state index contributed by atoms with van der Waals surface area (Å²) in [4.78, 5) is 18.6. The molecule has 0 saturated carbocycles. The smallest absolute Gasteiger partial charge is 0.393 e. The standard InChI is InChI=1S/C25H28ClF4N3O4/c1-14-12-32(21-10-23(36-2)31-11-18(21)26)6-5-22(14)37-17-3-4-20(19(27)9-17)33-13-15(25(28,29)30)7-16(33)8-24(34)35/h3-4,9-11,14-16,22H,5-8,12-13H2,1-2H3,(H,34,35). The van der Waals surface area contributed by atoms with Gasteiger partial charge in [-0.25, -0.2) is 9.37 Å². The molecule has 4 rings (SSSR count). The van der Waals surface area contributed by atoms with Gasteiger partial charge in [0.05, 0.1) is 42.0 Å². The Hall–Kier alpha value is -2.95. The van der Waals surface area contributed by atoms with Crippen LogP contribution in [0.1, 0.15) is 26.2 Å². The van der Waals surface area contributed by atoms with Crippen LogP contribution >= 0.6 is 11.6 Å². The summed E-state index contributed by atoms with van der Waals surface area (Å²) >= 11 is 6.33. The van der Waals surface area contributed by atoms with Crippen LogP contribution in [0.15, 0.2) is 30.5 Å². The number of carbonyl (C=O) groups is 1. The topological polar surface area (TPSA) is 75.1 Å². The van der Waals surface area contributed by atoms with Crippen molar-refractivity contribution in [3.63, 3.8) is 0 Å². The van der Waals surface area contributed by atoms with Crippen molar-refractivity contribution in [1.29, 1.82) is 0 Å². The molecule has 2 fully saturated rings. The van der Waals surface area contributed by atoms with Gasteiger partial charge in [0.1, 0.15) is 17.7 Å². The third-order valence-electron chi connectivity index (χ3n) is 6.99. The highest BCUT2D eigenvalue weighted by molar-refractivity contribution is 6.33. The first-order valence-electron chi connectivity index (χ1n) is 11.9. The number of rotatable bonds is 7. The van der Waals surface area contributed by atoms with Crippen LogP contribution in [0.5, 0.6) is 11.6 Å². The highest BCUT2D eigenvalue weighted by Crippen LogP contribution is 2.41. The van der Waals surface area contributed by atoms with Gasteiger partial charge in [0.25, 0.3) is 0 Å². The molecule has 0 amide bonds. The molecule has 4 atom stereocenters. The van der Waals surface area contributed by atoms with Gasteiger partial charge in [-0.05, 0) is 18.6 Å². The maximum atomic E-state index is 15.1. The number of aromatic nitrogens is 1. The highest BCUT2D eigenvalue weighted by atomic mass is 35.5. The average Bonchev–Trinajstić information content (AvgIpc) is 3.24. The number of anilines is 2. The summed E-state index contributed by atoms with van der Waals surface area (Å²) in [7, 11) is 1.53. The monoisotopic (exact) mass is 545 g/mol. The van der Waals surface area contributed by atoms with E-state index in [0.717, 1.165) is 11.8 Å². The maximum absolute atomic E-state index is 15.1. The van der Waals surface area contributed by atoms with Crippen LogP contribution < -0.4 is 19.3 Å². The number of piperidine rings is 1. The van der Waals surface area contributed by atoms with E-state index in [1.807, 2.05) is 6.92 Å². The first kappa shape index (κ1) is 27.1. The van der Waals surface area contributed by atoms with E-state index >= 15 is 4.39 Å². The molecule has 1 aromatic carbocycles. The minimum atomic E-state index is -4.48. The van der Waals surface area contributed by atoms with Crippen molar-refractivity contribution >= 4 is 28.9 Å². The number of alkyl halides is 3. The van der Waals surface area contributed by atoms with Gasteiger partial charge < -0.3 is 24.4 Å². The fraction of sp³-hybridized carbons (Fsp3) is 0.520. The quantitative estimate of drug-likeness (QED) is 0.466. The minimum absolute atomic E-state index is 0.0535. The Labute approximate surface area is 216 Å². The molecule has 2 aromatic rings. The number of carboxylic acid groups (broad SMARTS) is 1. The number of hydrogen-bond donors (Lipinski definition) is 1.